The van der Waals surface area contributed by atoms with E-state index < -0.39 is 0 Å². The largest absolute Gasteiger partial charge is 0.294 e. The Morgan fingerprint density at radius 3 is 1.91 bits per heavy atom. The zero-order valence-electron chi connectivity index (χ0n) is 14.3. The number of benzene rings is 2. The van der Waals surface area contributed by atoms with Gasteiger partial charge < -0.3 is 0 Å². The minimum atomic E-state index is 0.276. The minimum absolute atomic E-state index is 0.276. The van der Waals surface area contributed by atoms with Crippen molar-refractivity contribution in [1.82, 2.24) is 0 Å². The number of unbranched alkanes of at least 4 members (excludes halogenated alkanes) is 6. The van der Waals surface area contributed by atoms with Crippen molar-refractivity contribution in [3.8, 4) is 11.1 Å². The molecule has 0 atom stereocenters. The first kappa shape index (κ1) is 17.5. The molecule has 122 valence electrons. The molecule has 0 spiro atoms. The van der Waals surface area contributed by atoms with Crippen LogP contribution in [0.4, 0.5) is 0 Å². The van der Waals surface area contributed by atoms with Gasteiger partial charge in [-0.05, 0) is 17.5 Å². The highest BCUT2D eigenvalue weighted by Gasteiger charge is 2.06. The van der Waals surface area contributed by atoms with E-state index in [0.717, 1.165) is 17.5 Å². The van der Waals surface area contributed by atoms with E-state index in [0.29, 0.717) is 6.42 Å². The third-order valence-electron chi connectivity index (χ3n) is 4.32. The molecule has 0 unspecified atom stereocenters. The summed E-state index contributed by atoms with van der Waals surface area (Å²) < 4.78 is 0. The first-order valence-corrected chi connectivity index (χ1v) is 9.00. The van der Waals surface area contributed by atoms with Crippen LogP contribution in [0, 0.1) is 0 Å². The van der Waals surface area contributed by atoms with E-state index in [9.17, 15) is 4.79 Å². The molecule has 0 saturated carbocycles. The van der Waals surface area contributed by atoms with Gasteiger partial charge in [0.2, 0.25) is 0 Å². The van der Waals surface area contributed by atoms with Crippen molar-refractivity contribution in [2.45, 2.75) is 58.3 Å². The van der Waals surface area contributed by atoms with E-state index in [1.54, 1.807) is 0 Å². The third-order valence-corrected chi connectivity index (χ3v) is 4.32. The maximum Gasteiger partial charge on any atom is 0.162 e. The van der Waals surface area contributed by atoms with Gasteiger partial charge in [-0.2, -0.15) is 0 Å². The summed E-state index contributed by atoms with van der Waals surface area (Å²) in [6.07, 6.45) is 9.42. The molecule has 23 heavy (non-hydrogen) atoms. The fraction of sp³-hybridized carbons (Fsp3) is 0.409. The highest BCUT2D eigenvalue weighted by molar-refractivity contribution is 5.96. The lowest BCUT2D eigenvalue weighted by atomic mass is 10.00. The Labute approximate surface area is 140 Å². The summed E-state index contributed by atoms with van der Waals surface area (Å²) in [6, 6.07) is 18.3. The van der Waals surface area contributed by atoms with Crippen LogP contribution in [0.3, 0.4) is 0 Å². The molecule has 0 fully saturated rings. The topological polar surface area (TPSA) is 17.1 Å². The van der Waals surface area contributed by atoms with Gasteiger partial charge in [0, 0.05) is 12.0 Å². The molecule has 1 nitrogen and oxygen atoms in total. The molecule has 2 rings (SSSR count). The molecule has 2 aromatic carbocycles. The Bertz CT molecular complexity index is 569. The maximum atomic E-state index is 12.2. The van der Waals surface area contributed by atoms with Gasteiger partial charge in [0.25, 0.3) is 0 Å². The molecule has 0 N–H and O–H groups in total. The van der Waals surface area contributed by atoms with Gasteiger partial charge in [-0.3, -0.25) is 4.79 Å². The van der Waals surface area contributed by atoms with Gasteiger partial charge >= 0.3 is 0 Å². The lowest BCUT2D eigenvalue weighted by molar-refractivity contribution is 0.0979. The van der Waals surface area contributed by atoms with Crippen LogP contribution in [-0.2, 0) is 0 Å². The fourth-order valence-corrected chi connectivity index (χ4v) is 2.87. The number of ketones is 1. The monoisotopic (exact) mass is 308 g/mol. The fourth-order valence-electron chi connectivity index (χ4n) is 2.87. The highest BCUT2D eigenvalue weighted by Crippen LogP contribution is 2.20. The van der Waals surface area contributed by atoms with Crippen LogP contribution in [0.2, 0.25) is 0 Å². The number of hydrogen-bond acceptors (Lipinski definition) is 1. The Hall–Kier alpha value is -1.89. The second kappa shape index (κ2) is 9.99. The first-order chi connectivity index (χ1) is 11.3. The molecule has 0 amide bonds. The van der Waals surface area contributed by atoms with Gasteiger partial charge in [0.15, 0.2) is 5.78 Å². The molecular weight excluding hydrogens is 280 g/mol. The van der Waals surface area contributed by atoms with Gasteiger partial charge in [-0.1, -0.05) is 100 Å². The third kappa shape index (κ3) is 6.02. The molecule has 0 radical (unpaired) electrons. The number of hydrogen-bond donors (Lipinski definition) is 0. The Balaban J connectivity index is 1.75. The second-order valence-electron chi connectivity index (χ2n) is 6.24. The molecule has 0 aromatic heterocycles. The normalized spacial score (nSPS) is 10.7. The van der Waals surface area contributed by atoms with Gasteiger partial charge in [0.1, 0.15) is 0 Å². The summed E-state index contributed by atoms with van der Waals surface area (Å²) in [6.45, 7) is 2.24. The summed E-state index contributed by atoms with van der Waals surface area (Å²) in [4.78, 5) is 12.2. The van der Waals surface area contributed by atoms with E-state index in [1.807, 2.05) is 42.5 Å². The van der Waals surface area contributed by atoms with Crippen molar-refractivity contribution in [2.24, 2.45) is 0 Å². The van der Waals surface area contributed by atoms with Crippen molar-refractivity contribution >= 4 is 5.78 Å². The summed E-state index contributed by atoms with van der Waals surface area (Å²) in [5.41, 5.74) is 3.20. The lowest BCUT2D eigenvalue weighted by Gasteiger charge is -2.05. The van der Waals surface area contributed by atoms with E-state index >= 15 is 0 Å². The van der Waals surface area contributed by atoms with Crippen molar-refractivity contribution in [3.05, 3.63) is 60.2 Å². The van der Waals surface area contributed by atoms with E-state index in [4.69, 9.17) is 0 Å². The van der Waals surface area contributed by atoms with E-state index in [2.05, 4.69) is 19.1 Å². The summed E-state index contributed by atoms with van der Waals surface area (Å²) in [7, 11) is 0. The average molecular weight is 308 g/mol. The molecule has 0 saturated heterocycles. The van der Waals surface area contributed by atoms with E-state index in [1.165, 1.54) is 44.1 Å². The molecule has 0 heterocycles. The van der Waals surface area contributed by atoms with Crippen LogP contribution in [0.1, 0.15) is 68.6 Å². The van der Waals surface area contributed by atoms with Gasteiger partial charge in [-0.25, -0.2) is 0 Å². The lowest BCUT2D eigenvalue weighted by Crippen LogP contribution is -1.98. The molecule has 2 aromatic rings. The second-order valence-corrected chi connectivity index (χ2v) is 6.24. The molecule has 0 aliphatic heterocycles. The highest BCUT2D eigenvalue weighted by atomic mass is 16.1. The zero-order valence-corrected chi connectivity index (χ0v) is 14.3. The number of Topliss-reactive ketones (excluding diaryl/α,β-unsaturated/α-hetero) is 1. The maximum absolute atomic E-state index is 12.2. The Kier molecular flexibility index (Phi) is 7.59. The van der Waals surface area contributed by atoms with Gasteiger partial charge in [0.05, 0.1) is 0 Å². The minimum Gasteiger partial charge on any atom is -0.294 e. The van der Waals surface area contributed by atoms with Gasteiger partial charge in [-0.15, -0.1) is 0 Å². The summed E-state index contributed by atoms with van der Waals surface area (Å²) in [5.74, 6) is 0.276. The average Bonchev–Trinajstić information content (AvgIpc) is 2.61. The first-order valence-electron chi connectivity index (χ1n) is 9.00. The van der Waals surface area contributed by atoms with Crippen LogP contribution in [0.25, 0.3) is 11.1 Å². The Morgan fingerprint density at radius 1 is 0.696 bits per heavy atom. The number of carbonyl (C=O) groups excluding carboxylic acids is 1. The van der Waals surface area contributed by atoms with Crippen LogP contribution >= 0.6 is 0 Å². The summed E-state index contributed by atoms with van der Waals surface area (Å²) >= 11 is 0. The number of carbonyl (C=O) groups is 1. The zero-order chi connectivity index (χ0) is 16.3. The van der Waals surface area contributed by atoms with Crippen LogP contribution in [0.5, 0.6) is 0 Å². The molecule has 0 aliphatic carbocycles. The van der Waals surface area contributed by atoms with Crippen LogP contribution < -0.4 is 0 Å². The van der Waals surface area contributed by atoms with Crippen molar-refractivity contribution in [2.75, 3.05) is 0 Å². The van der Waals surface area contributed by atoms with Crippen molar-refractivity contribution in [1.29, 1.82) is 0 Å². The number of rotatable bonds is 10. The van der Waals surface area contributed by atoms with Crippen LogP contribution in [-0.4, -0.2) is 5.78 Å². The SMILES string of the molecule is CCCCCCCCCC(=O)c1ccc(-c2ccccc2)cc1. The Morgan fingerprint density at radius 2 is 1.26 bits per heavy atom. The van der Waals surface area contributed by atoms with E-state index in [-0.39, 0.29) is 5.78 Å². The standard InChI is InChI=1S/C22H28O/c1-2-3-4-5-6-7-11-14-22(23)21-17-15-20(16-18-21)19-12-9-8-10-13-19/h8-10,12-13,15-18H,2-7,11,14H2,1H3. The smallest absolute Gasteiger partial charge is 0.162 e. The molecule has 1 heteroatoms. The molecule has 0 aliphatic rings. The predicted molar refractivity (Wildman–Crippen MR) is 98.8 cm³/mol. The predicted octanol–water partition coefficient (Wildman–Crippen LogP) is 6.68. The van der Waals surface area contributed by atoms with Crippen molar-refractivity contribution in [3.63, 3.8) is 0 Å². The summed E-state index contributed by atoms with van der Waals surface area (Å²) in [5, 5.41) is 0. The van der Waals surface area contributed by atoms with Crippen molar-refractivity contribution < 1.29 is 4.79 Å². The molecular formula is C22H28O. The van der Waals surface area contributed by atoms with Crippen LogP contribution in [0.15, 0.2) is 54.6 Å². The molecule has 0 bridgehead atoms. The quantitative estimate of drug-likeness (QED) is 0.353.